The van der Waals surface area contributed by atoms with Gasteiger partial charge in [-0.1, -0.05) is 18.2 Å². The number of nitrogens with one attached hydrogen (secondary N) is 1. The summed E-state index contributed by atoms with van der Waals surface area (Å²) in [6.45, 7) is 0.362. The van der Waals surface area contributed by atoms with Crippen molar-refractivity contribution in [2.75, 3.05) is 18.1 Å². The molecule has 0 bridgehead atoms. The van der Waals surface area contributed by atoms with Crippen LogP contribution in [0.4, 0.5) is 0 Å². The number of carbonyl (C=O) groups is 1. The molecule has 0 aliphatic carbocycles. The van der Waals surface area contributed by atoms with Crippen molar-refractivity contribution in [1.29, 1.82) is 0 Å². The lowest BCUT2D eigenvalue weighted by atomic mass is 10.1. The van der Waals surface area contributed by atoms with E-state index >= 15 is 0 Å². The summed E-state index contributed by atoms with van der Waals surface area (Å²) in [4.78, 5) is 16.4. The van der Waals surface area contributed by atoms with Crippen LogP contribution in [0.1, 0.15) is 12.0 Å². The highest BCUT2D eigenvalue weighted by Gasteiger charge is 2.27. The molecule has 1 saturated heterocycles. The highest BCUT2D eigenvalue weighted by atomic mass is 32.2. The Kier molecular flexibility index (Phi) is 5.76. The third-order valence-electron chi connectivity index (χ3n) is 5.00. The van der Waals surface area contributed by atoms with Crippen molar-refractivity contribution >= 4 is 21.8 Å². The Bertz CT molecular complexity index is 1160. The molecule has 0 saturated carbocycles. The number of aromatic nitrogens is 3. The number of sulfone groups is 1. The van der Waals surface area contributed by atoms with Gasteiger partial charge >= 0.3 is 0 Å². The molecular formula is C22H22N4O3S. The van der Waals surface area contributed by atoms with Crippen molar-refractivity contribution < 1.29 is 13.2 Å². The lowest BCUT2D eigenvalue weighted by Crippen LogP contribution is -2.28. The van der Waals surface area contributed by atoms with Gasteiger partial charge in [0.1, 0.15) is 5.69 Å². The summed E-state index contributed by atoms with van der Waals surface area (Å²) in [7, 11) is -2.94. The van der Waals surface area contributed by atoms with Gasteiger partial charge < -0.3 is 5.32 Å². The molecule has 0 spiro atoms. The molecule has 1 atom stereocenters. The molecule has 30 heavy (non-hydrogen) atoms. The van der Waals surface area contributed by atoms with E-state index in [9.17, 15) is 13.2 Å². The predicted octanol–water partition coefficient (Wildman–Crippen LogP) is 2.50. The highest BCUT2D eigenvalue weighted by Crippen LogP contribution is 2.24. The zero-order valence-corrected chi connectivity index (χ0v) is 17.1. The average Bonchev–Trinajstić information content (AvgIpc) is 3.35. The Morgan fingerprint density at radius 1 is 1.20 bits per heavy atom. The van der Waals surface area contributed by atoms with Crippen LogP contribution in [0.2, 0.25) is 0 Å². The van der Waals surface area contributed by atoms with E-state index in [1.54, 1.807) is 23.2 Å². The third-order valence-corrected chi connectivity index (χ3v) is 6.84. The molecule has 1 aromatic carbocycles. The normalized spacial score (nSPS) is 17.9. The number of carbonyl (C=O) groups excluding carboxylic acids is 1. The van der Waals surface area contributed by atoms with Crippen LogP contribution in [0, 0.1) is 5.92 Å². The Balaban J connectivity index is 1.52. The maximum absolute atomic E-state index is 12.3. The summed E-state index contributed by atoms with van der Waals surface area (Å²) in [5.74, 6) is 0.0747. The zero-order chi connectivity index (χ0) is 21.0. The molecule has 3 aromatic rings. The molecule has 4 rings (SSSR count). The number of nitrogens with zero attached hydrogens (tertiary/aromatic N) is 3. The number of hydrogen-bond donors (Lipinski definition) is 1. The van der Waals surface area contributed by atoms with Gasteiger partial charge in [0.15, 0.2) is 9.84 Å². The van der Waals surface area contributed by atoms with Crippen LogP contribution in [-0.2, 0) is 14.6 Å². The minimum Gasteiger partial charge on any atom is -0.352 e. The molecule has 0 radical (unpaired) electrons. The third kappa shape index (κ3) is 4.83. The van der Waals surface area contributed by atoms with E-state index in [1.165, 1.54) is 6.08 Å². The number of hydrogen-bond acceptors (Lipinski definition) is 5. The molecule has 8 heteroatoms. The molecule has 1 aliphatic heterocycles. The maximum Gasteiger partial charge on any atom is 0.244 e. The SMILES string of the molecule is O=C(C=Cc1cn(-c2ccccc2)nc1-c1cccnc1)NCC1CCS(=O)(=O)C1. The highest BCUT2D eigenvalue weighted by molar-refractivity contribution is 7.91. The van der Waals surface area contributed by atoms with Crippen LogP contribution in [0.15, 0.2) is 67.1 Å². The minimum atomic E-state index is -2.94. The number of amides is 1. The number of para-hydroxylation sites is 1. The summed E-state index contributed by atoms with van der Waals surface area (Å²) < 4.78 is 24.9. The quantitative estimate of drug-likeness (QED) is 0.616. The zero-order valence-electron chi connectivity index (χ0n) is 16.3. The van der Waals surface area contributed by atoms with Crippen molar-refractivity contribution in [2.24, 2.45) is 5.92 Å². The first-order valence-electron chi connectivity index (χ1n) is 9.72. The Hall–Kier alpha value is -3.26. The Labute approximate surface area is 175 Å². The van der Waals surface area contributed by atoms with E-state index in [-0.39, 0.29) is 23.3 Å². The fourth-order valence-electron chi connectivity index (χ4n) is 3.45. The topological polar surface area (TPSA) is 93.9 Å². The first-order chi connectivity index (χ1) is 14.5. The van der Waals surface area contributed by atoms with Gasteiger partial charge in [0.2, 0.25) is 5.91 Å². The summed E-state index contributed by atoms with van der Waals surface area (Å²) in [5, 5.41) is 7.48. The van der Waals surface area contributed by atoms with Crippen LogP contribution in [-0.4, -0.2) is 47.1 Å². The molecule has 1 amide bonds. The van der Waals surface area contributed by atoms with E-state index in [4.69, 9.17) is 0 Å². The summed E-state index contributed by atoms with van der Waals surface area (Å²) in [5.41, 5.74) is 3.26. The molecule has 3 heterocycles. The first-order valence-corrected chi connectivity index (χ1v) is 11.5. The van der Waals surface area contributed by atoms with Crippen molar-refractivity contribution in [1.82, 2.24) is 20.1 Å². The minimum absolute atomic E-state index is 0.0147. The summed E-state index contributed by atoms with van der Waals surface area (Å²) >= 11 is 0. The number of rotatable bonds is 6. The molecule has 1 N–H and O–H groups in total. The molecule has 1 unspecified atom stereocenters. The molecule has 2 aromatic heterocycles. The fourth-order valence-corrected chi connectivity index (χ4v) is 5.31. The smallest absolute Gasteiger partial charge is 0.244 e. The molecule has 1 fully saturated rings. The van der Waals surface area contributed by atoms with Gasteiger partial charge in [0.05, 0.1) is 17.2 Å². The van der Waals surface area contributed by atoms with Crippen molar-refractivity contribution in [3.05, 3.63) is 72.7 Å². The molecule has 7 nitrogen and oxygen atoms in total. The lowest BCUT2D eigenvalue weighted by Gasteiger charge is -2.07. The van der Waals surface area contributed by atoms with Crippen molar-refractivity contribution in [3.8, 4) is 16.9 Å². The predicted molar refractivity (Wildman–Crippen MR) is 116 cm³/mol. The lowest BCUT2D eigenvalue weighted by molar-refractivity contribution is -0.116. The van der Waals surface area contributed by atoms with Crippen LogP contribution < -0.4 is 5.32 Å². The summed E-state index contributed by atoms with van der Waals surface area (Å²) in [6, 6.07) is 13.5. The van der Waals surface area contributed by atoms with Gasteiger partial charge in [-0.05, 0) is 42.7 Å². The second kappa shape index (κ2) is 8.62. The van der Waals surface area contributed by atoms with Crippen molar-refractivity contribution in [2.45, 2.75) is 6.42 Å². The van der Waals surface area contributed by atoms with Crippen LogP contribution in [0.5, 0.6) is 0 Å². The van der Waals surface area contributed by atoms with E-state index < -0.39 is 9.84 Å². The molecule has 154 valence electrons. The van der Waals surface area contributed by atoms with Gasteiger partial charge in [-0.15, -0.1) is 0 Å². The van der Waals surface area contributed by atoms with Gasteiger partial charge in [0, 0.05) is 42.3 Å². The van der Waals surface area contributed by atoms with E-state index in [0.717, 1.165) is 22.5 Å². The van der Waals surface area contributed by atoms with Crippen LogP contribution in [0.25, 0.3) is 23.0 Å². The van der Waals surface area contributed by atoms with E-state index in [0.29, 0.717) is 13.0 Å². The van der Waals surface area contributed by atoms with Gasteiger partial charge in [-0.3, -0.25) is 9.78 Å². The maximum atomic E-state index is 12.3. The molecule has 1 aliphatic rings. The number of pyridine rings is 1. The Morgan fingerprint density at radius 3 is 2.73 bits per heavy atom. The van der Waals surface area contributed by atoms with Gasteiger partial charge in [-0.2, -0.15) is 5.10 Å². The molecular weight excluding hydrogens is 400 g/mol. The van der Waals surface area contributed by atoms with Crippen molar-refractivity contribution in [3.63, 3.8) is 0 Å². The first kappa shape index (κ1) is 20.0. The Morgan fingerprint density at radius 2 is 2.03 bits per heavy atom. The largest absolute Gasteiger partial charge is 0.352 e. The van der Waals surface area contributed by atoms with E-state index in [2.05, 4.69) is 15.4 Å². The summed E-state index contributed by atoms with van der Waals surface area (Å²) in [6.07, 6.45) is 9.07. The van der Waals surface area contributed by atoms with Crippen LogP contribution in [0.3, 0.4) is 0 Å². The standard InChI is InChI=1S/C22H22N4O3S/c27-21(24-13-17-10-12-30(28,29)16-17)9-8-19-15-26(20-6-2-1-3-7-20)25-22(19)18-5-4-11-23-14-18/h1-9,11,14-15,17H,10,12-13,16H2,(H,24,27). The second-order valence-electron chi connectivity index (χ2n) is 7.30. The fraction of sp³-hybridized carbons (Fsp3) is 0.227. The monoisotopic (exact) mass is 422 g/mol. The van der Waals surface area contributed by atoms with E-state index in [1.807, 2.05) is 48.7 Å². The second-order valence-corrected chi connectivity index (χ2v) is 9.53. The number of benzene rings is 1. The average molecular weight is 423 g/mol. The van der Waals surface area contributed by atoms with Gasteiger partial charge in [-0.25, -0.2) is 13.1 Å². The van der Waals surface area contributed by atoms with Gasteiger partial charge in [0.25, 0.3) is 0 Å². The van der Waals surface area contributed by atoms with Crippen LogP contribution >= 0.6 is 0 Å².